The van der Waals surface area contributed by atoms with Gasteiger partial charge in [-0.05, 0) is 31.3 Å². The van der Waals surface area contributed by atoms with Crippen LogP contribution in [0.1, 0.15) is 44.9 Å². The molecular formula is C16H26F3N3O. The highest BCUT2D eigenvalue weighted by molar-refractivity contribution is 5.15. The van der Waals surface area contributed by atoms with E-state index in [4.69, 9.17) is 4.74 Å². The number of allylic oxidation sites excluding steroid dienone is 1. The van der Waals surface area contributed by atoms with Gasteiger partial charge in [0.15, 0.2) is 6.23 Å². The molecule has 0 amide bonds. The molecule has 2 unspecified atom stereocenters. The Balaban J connectivity index is 1.46. The second-order valence-electron chi connectivity index (χ2n) is 6.79. The maximum absolute atomic E-state index is 14.4. The van der Waals surface area contributed by atoms with Crippen LogP contribution in [0.2, 0.25) is 0 Å². The van der Waals surface area contributed by atoms with Crippen molar-refractivity contribution in [2.24, 2.45) is 5.92 Å². The molecule has 1 saturated carbocycles. The average molecular weight is 333 g/mol. The Kier molecular flexibility index (Phi) is 5.96. The van der Waals surface area contributed by atoms with Crippen molar-refractivity contribution in [3.8, 4) is 0 Å². The SMILES string of the molecule is FC(F)C1NNC([C@H]2CC=C(CNC3CCCCC3)[C@@H](F)C2)O1. The molecule has 2 fully saturated rings. The summed E-state index contributed by atoms with van der Waals surface area (Å²) in [6.45, 7) is 0.593. The zero-order valence-electron chi connectivity index (χ0n) is 13.2. The second kappa shape index (κ2) is 7.96. The average Bonchev–Trinajstić information content (AvgIpc) is 3.05. The van der Waals surface area contributed by atoms with Gasteiger partial charge in [-0.15, -0.1) is 0 Å². The van der Waals surface area contributed by atoms with E-state index in [1.807, 2.05) is 6.08 Å². The third kappa shape index (κ3) is 4.47. The molecule has 3 rings (SSSR count). The third-order valence-electron chi connectivity index (χ3n) is 5.11. The first-order valence-corrected chi connectivity index (χ1v) is 8.64. The van der Waals surface area contributed by atoms with Gasteiger partial charge in [0.2, 0.25) is 0 Å². The Morgan fingerprint density at radius 2 is 2.00 bits per heavy atom. The smallest absolute Gasteiger partial charge is 0.278 e. The normalized spacial score (nSPS) is 36.4. The summed E-state index contributed by atoms with van der Waals surface area (Å²) in [5, 5.41) is 3.46. The van der Waals surface area contributed by atoms with Gasteiger partial charge in [-0.2, -0.15) is 0 Å². The molecular weight excluding hydrogens is 307 g/mol. The fraction of sp³-hybridized carbons (Fsp3) is 0.875. The van der Waals surface area contributed by atoms with E-state index in [1.165, 1.54) is 32.1 Å². The fourth-order valence-electron chi connectivity index (χ4n) is 3.68. The summed E-state index contributed by atoms with van der Waals surface area (Å²) in [4.78, 5) is 0. The zero-order chi connectivity index (χ0) is 16.2. The summed E-state index contributed by atoms with van der Waals surface area (Å²) < 4.78 is 44.8. The van der Waals surface area contributed by atoms with Gasteiger partial charge in [-0.3, -0.25) is 0 Å². The molecule has 4 nitrogen and oxygen atoms in total. The summed E-state index contributed by atoms with van der Waals surface area (Å²) in [7, 11) is 0. The van der Waals surface area contributed by atoms with E-state index < -0.39 is 25.1 Å². The Labute approximate surface area is 135 Å². The Morgan fingerprint density at radius 3 is 2.65 bits per heavy atom. The van der Waals surface area contributed by atoms with Crippen LogP contribution in [0.25, 0.3) is 0 Å². The van der Waals surface area contributed by atoms with Gasteiger partial charge in [0.05, 0.1) is 0 Å². The highest BCUT2D eigenvalue weighted by Gasteiger charge is 2.38. The largest absolute Gasteiger partial charge is 0.336 e. The molecule has 132 valence electrons. The number of ether oxygens (including phenoxy) is 1. The molecule has 0 aromatic carbocycles. The first-order valence-electron chi connectivity index (χ1n) is 8.64. The lowest BCUT2D eigenvalue weighted by Gasteiger charge is -2.30. The summed E-state index contributed by atoms with van der Waals surface area (Å²) in [6.07, 6.45) is 3.54. The number of alkyl halides is 3. The number of rotatable bonds is 5. The zero-order valence-corrected chi connectivity index (χ0v) is 13.2. The van der Waals surface area contributed by atoms with Crippen LogP contribution in [0.15, 0.2) is 11.6 Å². The summed E-state index contributed by atoms with van der Waals surface area (Å²) >= 11 is 0. The van der Waals surface area contributed by atoms with Crippen molar-refractivity contribution in [2.45, 2.75) is 76.0 Å². The van der Waals surface area contributed by atoms with E-state index in [-0.39, 0.29) is 5.92 Å². The van der Waals surface area contributed by atoms with Crippen LogP contribution in [-0.2, 0) is 4.74 Å². The standard InChI is InChI=1S/C16H26F3N3O/c17-13-8-10(15-21-22-16(23-15)14(18)19)6-7-11(13)9-20-12-4-2-1-3-5-12/h7,10,12-16,20-22H,1-6,8-9H2/t10-,13-,15?,16?/m0/s1. The predicted molar refractivity (Wildman–Crippen MR) is 81.5 cm³/mol. The number of nitrogens with one attached hydrogen (secondary N) is 3. The lowest BCUT2D eigenvalue weighted by molar-refractivity contribution is -0.0768. The molecule has 2 aliphatic carbocycles. The van der Waals surface area contributed by atoms with Gasteiger partial charge in [0, 0.05) is 18.5 Å². The molecule has 1 heterocycles. The van der Waals surface area contributed by atoms with E-state index in [0.717, 1.165) is 5.57 Å². The predicted octanol–water partition coefficient (Wildman–Crippen LogP) is 2.62. The number of hydrazine groups is 1. The van der Waals surface area contributed by atoms with Crippen LogP contribution in [0.4, 0.5) is 13.2 Å². The minimum atomic E-state index is -2.59. The van der Waals surface area contributed by atoms with Crippen molar-refractivity contribution in [3.05, 3.63) is 11.6 Å². The van der Waals surface area contributed by atoms with Crippen LogP contribution >= 0.6 is 0 Å². The molecule has 3 aliphatic rings. The van der Waals surface area contributed by atoms with E-state index >= 15 is 0 Å². The van der Waals surface area contributed by atoms with Crippen molar-refractivity contribution in [3.63, 3.8) is 0 Å². The summed E-state index contributed by atoms with van der Waals surface area (Å²) in [5.41, 5.74) is 5.93. The fourth-order valence-corrected chi connectivity index (χ4v) is 3.68. The molecule has 4 atom stereocenters. The lowest BCUT2D eigenvalue weighted by Crippen LogP contribution is -2.41. The van der Waals surface area contributed by atoms with E-state index in [1.54, 1.807) is 0 Å². The molecule has 0 bridgehead atoms. The topological polar surface area (TPSA) is 45.3 Å². The van der Waals surface area contributed by atoms with Crippen LogP contribution in [0.3, 0.4) is 0 Å². The summed E-state index contributed by atoms with van der Waals surface area (Å²) in [5.74, 6) is -0.125. The van der Waals surface area contributed by atoms with Crippen LogP contribution < -0.4 is 16.2 Å². The number of hydrogen-bond acceptors (Lipinski definition) is 4. The van der Waals surface area contributed by atoms with Crippen molar-refractivity contribution in [1.82, 2.24) is 16.2 Å². The van der Waals surface area contributed by atoms with E-state index in [2.05, 4.69) is 16.2 Å². The Hall–Kier alpha value is -0.630. The van der Waals surface area contributed by atoms with Gasteiger partial charge < -0.3 is 10.1 Å². The van der Waals surface area contributed by atoms with Crippen molar-refractivity contribution in [1.29, 1.82) is 0 Å². The molecule has 3 N–H and O–H groups in total. The second-order valence-corrected chi connectivity index (χ2v) is 6.79. The first-order chi connectivity index (χ1) is 11.1. The van der Waals surface area contributed by atoms with E-state index in [0.29, 0.717) is 25.4 Å². The van der Waals surface area contributed by atoms with Gasteiger partial charge in [-0.1, -0.05) is 25.3 Å². The Morgan fingerprint density at radius 1 is 1.22 bits per heavy atom. The molecule has 7 heteroatoms. The molecule has 23 heavy (non-hydrogen) atoms. The number of halogens is 3. The first kappa shape index (κ1) is 17.2. The van der Waals surface area contributed by atoms with Gasteiger partial charge in [-0.25, -0.2) is 24.0 Å². The van der Waals surface area contributed by atoms with Crippen molar-refractivity contribution in [2.75, 3.05) is 6.54 Å². The minimum absolute atomic E-state index is 0.125. The molecule has 0 radical (unpaired) electrons. The van der Waals surface area contributed by atoms with Gasteiger partial charge in [0.1, 0.15) is 12.4 Å². The summed E-state index contributed by atoms with van der Waals surface area (Å²) in [6, 6.07) is 0.505. The quantitative estimate of drug-likeness (QED) is 0.677. The Bertz CT molecular complexity index is 415. The molecule has 1 saturated heterocycles. The lowest BCUT2D eigenvalue weighted by atomic mass is 9.86. The highest BCUT2D eigenvalue weighted by Crippen LogP contribution is 2.31. The van der Waals surface area contributed by atoms with Crippen molar-refractivity contribution < 1.29 is 17.9 Å². The molecule has 0 spiro atoms. The minimum Gasteiger partial charge on any atom is -0.336 e. The van der Waals surface area contributed by atoms with Crippen molar-refractivity contribution >= 4 is 0 Å². The molecule has 0 aromatic rings. The monoisotopic (exact) mass is 333 g/mol. The van der Waals surface area contributed by atoms with Gasteiger partial charge in [0.25, 0.3) is 6.43 Å². The van der Waals surface area contributed by atoms with Crippen LogP contribution in [0, 0.1) is 5.92 Å². The van der Waals surface area contributed by atoms with E-state index in [9.17, 15) is 13.2 Å². The van der Waals surface area contributed by atoms with Gasteiger partial charge >= 0.3 is 0 Å². The maximum Gasteiger partial charge on any atom is 0.278 e. The highest BCUT2D eigenvalue weighted by atomic mass is 19.3. The third-order valence-corrected chi connectivity index (χ3v) is 5.11. The molecule has 0 aromatic heterocycles. The maximum atomic E-state index is 14.4. The van der Waals surface area contributed by atoms with Crippen LogP contribution in [-0.4, -0.2) is 37.6 Å². The molecule has 1 aliphatic heterocycles. The van der Waals surface area contributed by atoms with Crippen LogP contribution in [0.5, 0.6) is 0 Å². The number of hydrogen-bond donors (Lipinski definition) is 3.